The molecule has 214 valence electrons. The number of esters is 1. The predicted molar refractivity (Wildman–Crippen MR) is 143 cm³/mol. The van der Waals surface area contributed by atoms with Gasteiger partial charge in [-0.2, -0.15) is 0 Å². The summed E-state index contributed by atoms with van der Waals surface area (Å²) in [6.07, 6.45) is 2.77. The van der Waals surface area contributed by atoms with Gasteiger partial charge in [0.2, 0.25) is 0 Å². The number of aryl methyl sites for hydroxylation is 1. The SMILES string of the molecule is CCOc1ccc(F)c(NC(=O)c2cc(C3=NO[C@H](C4CCC(NC(=O)[C@H](C)OC(C)=O)CC4)C3)nc(C)n2)c1. The highest BCUT2D eigenvalue weighted by molar-refractivity contribution is 6.06. The normalized spacial score (nSPS) is 21.0. The van der Waals surface area contributed by atoms with Gasteiger partial charge in [-0.1, -0.05) is 5.16 Å². The van der Waals surface area contributed by atoms with Gasteiger partial charge in [-0.15, -0.1) is 0 Å². The lowest BCUT2D eigenvalue weighted by Gasteiger charge is -2.31. The van der Waals surface area contributed by atoms with E-state index >= 15 is 0 Å². The van der Waals surface area contributed by atoms with E-state index in [1.807, 2.05) is 6.92 Å². The Hall–Kier alpha value is -4.09. The maximum absolute atomic E-state index is 14.3. The largest absolute Gasteiger partial charge is 0.494 e. The van der Waals surface area contributed by atoms with Gasteiger partial charge in [0.25, 0.3) is 11.8 Å². The fourth-order valence-electron chi connectivity index (χ4n) is 4.93. The number of anilines is 1. The highest BCUT2D eigenvalue weighted by atomic mass is 19.1. The lowest BCUT2D eigenvalue weighted by atomic mass is 9.81. The van der Waals surface area contributed by atoms with Gasteiger partial charge in [0, 0.05) is 25.5 Å². The van der Waals surface area contributed by atoms with Gasteiger partial charge < -0.3 is 24.9 Å². The molecule has 1 aromatic carbocycles. The number of nitrogens with one attached hydrogen (secondary N) is 2. The van der Waals surface area contributed by atoms with E-state index in [1.165, 1.54) is 31.2 Å². The minimum atomic E-state index is -0.827. The van der Waals surface area contributed by atoms with Crippen LogP contribution < -0.4 is 15.4 Å². The van der Waals surface area contributed by atoms with Crippen molar-refractivity contribution in [3.63, 3.8) is 0 Å². The number of hydrogen-bond donors (Lipinski definition) is 2. The summed E-state index contributed by atoms with van der Waals surface area (Å²) < 4.78 is 24.6. The molecule has 40 heavy (non-hydrogen) atoms. The minimum Gasteiger partial charge on any atom is -0.494 e. The molecule has 0 saturated heterocycles. The molecule has 2 amide bonds. The molecule has 2 N–H and O–H groups in total. The Balaban J connectivity index is 1.34. The second kappa shape index (κ2) is 12.8. The summed E-state index contributed by atoms with van der Waals surface area (Å²) in [6.45, 7) is 6.72. The maximum atomic E-state index is 14.3. The molecular weight excluding hydrogens is 521 g/mol. The van der Waals surface area contributed by atoms with E-state index in [1.54, 1.807) is 13.8 Å². The second-order valence-corrected chi connectivity index (χ2v) is 9.97. The molecule has 2 aliphatic rings. The molecule has 4 rings (SSSR count). The first-order valence-electron chi connectivity index (χ1n) is 13.4. The van der Waals surface area contributed by atoms with Gasteiger partial charge in [0.15, 0.2) is 6.10 Å². The molecule has 0 unspecified atom stereocenters. The number of hydrogen-bond acceptors (Lipinski definition) is 9. The first kappa shape index (κ1) is 28.9. The van der Waals surface area contributed by atoms with Crippen LogP contribution in [0.5, 0.6) is 5.75 Å². The molecule has 1 aliphatic carbocycles. The van der Waals surface area contributed by atoms with E-state index in [4.69, 9.17) is 14.3 Å². The van der Waals surface area contributed by atoms with Gasteiger partial charge >= 0.3 is 5.97 Å². The maximum Gasteiger partial charge on any atom is 0.303 e. The molecule has 0 bridgehead atoms. The van der Waals surface area contributed by atoms with Crippen molar-refractivity contribution in [2.75, 3.05) is 11.9 Å². The van der Waals surface area contributed by atoms with Crippen LogP contribution in [0.3, 0.4) is 0 Å². The van der Waals surface area contributed by atoms with Crippen molar-refractivity contribution in [1.82, 2.24) is 15.3 Å². The minimum absolute atomic E-state index is 0.00759. The van der Waals surface area contributed by atoms with Crippen molar-refractivity contribution < 1.29 is 33.1 Å². The van der Waals surface area contributed by atoms with E-state index in [0.717, 1.165) is 25.7 Å². The molecule has 1 saturated carbocycles. The number of aromatic nitrogens is 2. The highest BCUT2D eigenvalue weighted by Gasteiger charge is 2.35. The van der Waals surface area contributed by atoms with Crippen LogP contribution in [-0.4, -0.2) is 58.3 Å². The van der Waals surface area contributed by atoms with Crippen molar-refractivity contribution in [1.29, 1.82) is 0 Å². The molecule has 0 radical (unpaired) electrons. The zero-order valence-corrected chi connectivity index (χ0v) is 23.0. The first-order chi connectivity index (χ1) is 19.1. The van der Waals surface area contributed by atoms with Crippen molar-refractivity contribution in [2.24, 2.45) is 11.1 Å². The zero-order chi connectivity index (χ0) is 28.8. The molecule has 2 heterocycles. The summed E-state index contributed by atoms with van der Waals surface area (Å²) in [5.41, 5.74) is 1.15. The van der Waals surface area contributed by atoms with E-state index in [0.29, 0.717) is 36.0 Å². The molecule has 2 aromatic rings. The molecule has 12 heteroatoms. The lowest BCUT2D eigenvalue weighted by Crippen LogP contribution is -2.44. The number of benzene rings is 1. The van der Waals surface area contributed by atoms with E-state index in [-0.39, 0.29) is 35.4 Å². The topological polar surface area (TPSA) is 141 Å². The first-order valence-corrected chi connectivity index (χ1v) is 13.4. The number of carbonyl (C=O) groups is 3. The summed E-state index contributed by atoms with van der Waals surface area (Å²) in [7, 11) is 0. The number of amides is 2. The van der Waals surface area contributed by atoms with Gasteiger partial charge in [-0.3, -0.25) is 14.4 Å². The fraction of sp³-hybridized carbons (Fsp3) is 0.500. The summed E-state index contributed by atoms with van der Waals surface area (Å²) in [6, 6.07) is 5.67. The Kier molecular flexibility index (Phi) is 9.28. The third-order valence-corrected chi connectivity index (χ3v) is 6.91. The average Bonchev–Trinajstić information content (AvgIpc) is 3.41. The summed E-state index contributed by atoms with van der Waals surface area (Å²) in [5, 5.41) is 9.76. The molecule has 11 nitrogen and oxygen atoms in total. The van der Waals surface area contributed by atoms with Crippen molar-refractivity contribution >= 4 is 29.2 Å². The number of halogens is 1. The van der Waals surface area contributed by atoms with E-state index < -0.39 is 23.8 Å². The van der Waals surface area contributed by atoms with Gasteiger partial charge in [0.1, 0.15) is 34.9 Å². The highest BCUT2D eigenvalue weighted by Crippen LogP contribution is 2.33. The second-order valence-electron chi connectivity index (χ2n) is 9.97. The van der Waals surface area contributed by atoms with Crippen molar-refractivity contribution in [2.45, 2.75) is 78.0 Å². The predicted octanol–water partition coefficient (Wildman–Crippen LogP) is 3.69. The third kappa shape index (κ3) is 7.30. The van der Waals surface area contributed by atoms with Crippen LogP contribution >= 0.6 is 0 Å². The van der Waals surface area contributed by atoms with Crippen LogP contribution in [-0.2, 0) is 19.2 Å². The number of nitrogens with zero attached hydrogens (tertiary/aromatic N) is 3. The van der Waals surface area contributed by atoms with Gasteiger partial charge in [0.05, 0.1) is 18.0 Å². The van der Waals surface area contributed by atoms with Crippen LogP contribution in [0.15, 0.2) is 29.4 Å². The quantitative estimate of drug-likeness (QED) is 0.447. The summed E-state index contributed by atoms with van der Waals surface area (Å²) in [5.74, 6) is -0.914. The zero-order valence-electron chi connectivity index (χ0n) is 23.0. The standard InChI is InChI=1S/C28H34FN5O6/c1-5-38-20-10-11-21(29)22(12-20)33-28(37)25-13-23(30-16(3)31-25)24-14-26(40-34-24)18-6-8-19(9-7-18)32-27(36)15(2)39-17(4)35/h10-13,15,18-19,26H,5-9,14H2,1-4H3,(H,32,36)(H,33,37)/t15-,18?,19?,26-/m0/s1. The Bertz CT molecular complexity index is 1290. The Labute approximate surface area is 231 Å². The average molecular weight is 556 g/mol. The Morgan fingerprint density at radius 1 is 1.15 bits per heavy atom. The number of ether oxygens (including phenoxy) is 2. The molecule has 2 atom stereocenters. The number of rotatable bonds is 9. The van der Waals surface area contributed by atoms with Gasteiger partial charge in [-0.05, 0) is 70.6 Å². The van der Waals surface area contributed by atoms with Crippen LogP contribution in [0.1, 0.15) is 74.9 Å². The smallest absolute Gasteiger partial charge is 0.303 e. The number of oxime groups is 1. The van der Waals surface area contributed by atoms with Crippen LogP contribution in [0.4, 0.5) is 10.1 Å². The molecule has 1 aliphatic heterocycles. The Morgan fingerprint density at radius 3 is 2.60 bits per heavy atom. The van der Waals surface area contributed by atoms with Crippen molar-refractivity contribution in [3.05, 3.63) is 47.3 Å². The molecular formula is C28H34FN5O6. The molecule has 0 spiro atoms. The van der Waals surface area contributed by atoms with Crippen LogP contribution in [0.2, 0.25) is 0 Å². The fourth-order valence-corrected chi connectivity index (χ4v) is 4.93. The third-order valence-electron chi connectivity index (χ3n) is 6.91. The summed E-state index contributed by atoms with van der Waals surface area (Å²) >= 11 is 0. The monoisotopic (exact) mass is 555 g/mol. The number of carbonyl (C=O) groups excluding carboxylic acids is 3. The van der Waals surface area contributed by atoms with E-state index in [9.17, 15) is 18.8 Å². The molecule has 1 aromatic heterocycles. The summed E-state index contributed by atoms with van der Waals surface area (Å²) in [4.78, 5) is 50.7. The van der Waals surface area contributed by atoms with Crippen LogP contribution in [0.25, 0.3) is 0 Å². The van der Waals surface area contributed by atoms with Crippen LogP contribution in [0, 0.1) is 18.7 Å². The van der Waals surface area contributed by atoms with Crippen molar-refractivity contribution in [3.8, 4) is 5.75 Å². The van der Waals surface area contributed by atoms with E-state index in [2.05, 4.69) is 25.8 Å². The lowest BCUT2D eigenvalue weighted by molar-refractivity contribution is -0.153. The molecule has 1 fully saturated rings. The van der Waals surface area contributed by atoms with Gasteiger partial charge in [-0.25, -0.2) is 14.4 Å². The Morgan fingerprint density at radius 2 is 1.90 bits per heavy atom.